The van der Waals surface area contributed by atoms with Gasteiger partial charge < -0.3 is 5.32 Å². The molecular weight excluding hydrogens is 314 g/mol. The molecule has 118 valence electrons. The molecule has 0 aromatic heterocycles. The molecule has 0 fully saturated rings. The number of hydrogen-bond donors (Lipinski definition) is 2. The zero-order chi connectivity index (χ0) is 16.3. The number of hydrogen-bond acceptors (Lipinski definition) is 6. The van der Waals surface area contributed by atoms with Crippen LogP contribution in [0.25, 0.3) is 0 Å². The lowest BCUT2D eigenvalue weighted by molar-refractivity contribution is -0.387. The van der Waals surface area contributed by atoms with Crippen LogP contribution in [0.2, 0.25) is 0 Å². The molecule has 7 nitrogen and oxygen atoms in total. The molecule has 0 aliphatic heterocycles. The van der Waals surface area contributed by atoms with Crippen LogP contribution in [0.5, 0.6) is 0 Å². The fourth-order valence-electron chi connectivity index (χ4n) is 1.46. The Morgan fingerprint density at radius 1 is 1.38 bits per heavy atom. The first-order valence-corrected chi connectivity index (χ1v) is 8.85. The van der Waals surface area contributed by atoms with E-state index < -0.39 is 20.6 Å². The second-order valence-corrected chi connectivity index (χ2v) is 8.23. The molecule has 0 aliphatic carbocycles. The van der Waals surface area contributed by atoms with Gasteiger partial charge in [-0.15, -0.1) is 0 Å². The molecule has 1 aromatic carbocycles. The summed E-state index contributed by atoms with van der Waals surface area (Å²) in [6.07, 6.45) is 1.87. The molecule has 21 heavy (non-hydrogen) atoms. The average Bonchev–Trinajstić information content (AvgIpc) is 2.44. The van der Waals surface area contributed by atoms with Crippen LogP contribution < -0.4 is 10.0 Å². The first kappa shape index (κ1) is 17.7. The average molecular weight is 333 g/mol. The van der Waals surface area contributed by atoms with Crippen molar-refractivity contribution in [2.45, 2.75) is 23.5 Å². The van der Waals surface area contributed by atoms with Gasteiger partial charge in [0.1, 0.15) is 0 Å². The molecule has 1 aromatic rings. The van der Waals surface area contributed by atoms with E-state index in [-0.39, 0.29) is 16.2 Å². The molecule has 0 radical (unpaired) electrons. The molecule has 0 amide bonds. The number of nitrogens with zero attached hydrogens (tertiary/aromatic N) is 1. The Balaban J connectivity index is 3.16. The van der Waals surface area contributed by atoms with E-state index in [1.54, 1.807) is 7.05 Å². The van der Waals surface area contributed by atoms with Crippen molar-refractivity contribution in [3.8, 4) is 0 Å². The largest absolute Gasteiger partial charge is 0.388 e. The van der Waals surface area contributed by atoms with Crippen molar-refractivity contribution >= 4 is 33.2 Å². The van der Waals surface area contributed by atoms with E-state index >= 15 is 0 Å². The summed E-state index contributed by atoms with van der Waals surface area (Å²) in [7, 11) is -2.33. The molecule has 0 heterocycles. The van der Waals surface area contributed by atoms with Crippen LogP contribution in [0.15, 0.2) is 23.1 Å². The second kappa shape index (κ2) is 6.63. The van der Waals surface area contributed by atoms with Crippen LogP contribution in [0.3, 0.4) is 0 Å². The van der Waals surface area contributed by atoms with Crippen molar-refractivity contribution < 1.29 is 13.3 Å². The van der Waals surface area contributed by atoms with Gasteiger partial charge >= 0.3 is 0 Å². The number of benzene rings is 1. The molecular formula is C12H19N3O4S2. The van der Waals surface area contributed by atoms with Crippen molar-refractivity contribution in [3.05, 3.63) is 28.3 Å². The summed E-state index contributed by atoms with van der Waals surface area (Å²) in [6, 6.07) is 3.92. The zero-order valence-corrected chi connectivity index (χ0v) is 14.0. The predicted molar refractivity (Wildman–Crippen MR) is 85.4 cm³/mol. The maximum absolute atomic E-state index is 12.3. The van der Waals surface area contributed by atoms with E-state index in [1.807, 2.05) is 20.1 Å². The highest BCUT2D eigenvalue weighted by Gasteiger charge is 2.28. The molecule has 0 saturated carbocycles. The molecule has 1 rings (SSSR count). The van der Waals surface area contributed by atoms with Crippen molar-refractivity contribution in [1.82, 2.24) is 4.72 Å². The minimum absolute atomic E-state index is 0.182. The van der Waals surface area contributed by atoms with Gasteiger partial charge in [0.25, 0.3) is 5.69 Å². The monoisotopic (exact) mass is 333 g/mol. The topological polar surface area (TPSA) is 101 Å². The lowest BCUT2D eigenvalue weighted by Gasteiger charge is -2.22. The third-order valence-electron chi connectivity index (χ3n) is 2.97. The number of nitro benzene ring substituents is 1. The highest BCUT2D eigenvalue weighted by atomic mass is 32.2. The molecule has 9 heteroatoms. The number of rotatable bonds is 7. The van der Waals surface area contributed by atoms with Crippen LogP contribution in [0.1, 0.15) is 13.8 Å². The fraction of sp³-hybridized carbons (Fsp3) is 0.500. The smallest absolute Gasteiger partial charge is 0.291 e. The highest BCUT2D eigenvalue weighted by molar-refractivity contribution is 8.00. The van der Waals surface area contributed by atoms with Gasteiger partial charge in [0.2, 0.25) is 10.0 Å². The number of thioether (sulfide) groups is 1. The summed E-state index contributed by atoms with van der Waals surface area (Å²) in [6.45, 7) is 3.96. The van der Waals surface area contributed by atoms with Gasteiger partial charge in [-0.3, -0.25) is 10.1 Å². The van der Waals surface area contributed by atoms with E-state index in [4.69, 9.17) is 0 Å². The van der Waals surface area contributed by atoms with E-state index in [0.29, 0.717) is 5.69 Å². The van der Waals surface area contributed by atoms with Gasteiger partial charge in [-0.05, 0) is 32.2 Å². The molecule has 0 atom stereocenters. The second-order valence-electron chi connectivity index (χ2n) is 4.98. The molecule has 0 bridgehead atoms. The lowest BCUT2D eigenvalue weighted by atomic mass is 10.2. The molecule has 2 N–H and O–H groups in total. The maximum atomic E-state index is 12.3. The number of nitrogens with one attached hydrogen (secondary N) is 2. The third kappa shape index (κ3) is 4.58. The molecule has 0 saturated heterocycles. The minimum Gasteiger partial charge on any atom is -0.388 e. The maximum Gasteiger partial charge on any atom is 0.291 e. The van der Waals surface area contributed by atoms with E-state index in [2.05, 4.69) is 10.0 Å². The lowest BCUT2D eigenvalue weighted by Crippen LogP contribution is -2.36. The quantitative estimate of drug-likeness (QED) is 0.585. The standard InChI is InChI=1S/C12H19N3O4S2/c1-12(2,20-4)8-14-21(18,19)11-6-5-9(13-3)7-10(11)15(16)17/h5-7,13-14H,8H2,1-4H3. The van der Waals surface area contributed by atoms with Gasteiger partial charge in [-0.25, -0.2) is 13.1 Å². The van der Waals surface area contributed by atoms with Crippen LogP contribution in [0.4, 0.5) is 11.4 Å². The third-order valence-corrected chi connectivity index (χ3v) is 5.67. The molecule has 0 unspecified atom stereocenters. The van der Waals surface area contributed by atoms with Crippen molar-refractivity contribution in [2.24, 2.45) is 0 Å². The van der Waals surface area contributed by atoms with Crippen LogP contribution in [0, 0.1) is 10.1 Å². The Morgan fingerprint density at radius 2 is 2.00 bits per heavy atom. The zero-order valence-electron chi connectivity index (χ0n) is 12.3. The fourth-order valence-corrected chi connectivity index (χ4v) is 3.13. The van der Waals surface area contributed by atoms with Gasteiger partial charge in [-0.1, -0.05) is 0 Å². The summed E-state index contributed by atoms with van der Waals surface area (Å²) in [5.74, 6) is 0. The van der Waals surface area contributed by atoms with Crippen molar-refractivity contribution in [1.29, 1.82) is 0 Å². The first-order chi connectivity index (χ1) is 9.63. The van der Waals surface area contributed by atoms with Crippen molar-refractivity contribution in [2.75, 3.05) is 25.2 Å². The molecule has 0 spiro atoms. The highest BCUT2D eigenvalue weighted by Crippen LogP contribution is 2.28. The van der Waals surface area contributed by atoms with Crippen LogP contribution in [-0.4, -0.2) is 37.9 Å². The Kier molecular flexibility index (Phi) is 5.60. The van der Waals surface area contributed by atoms with Gasteiger partial charge in [0.15, 0.2) is 4.90 Å². The number of sulfonamides is 1. The number of anilines is 1. The van der Waals surface area contributed by atoms with Gasteiger partial charge in [0.05, 0.1) is 4.92 Å². The SMILES string of the molecule is CNc1ccc(S(=O)(=O)NCC(C)(C)SC)c([N+](=O)[O-])c1. The van der Waals surface area contributed by atoms with Gasteiger partial charge in [-0.2, -0.15) is 11.8 Å². The summed E-state index contributed by atoms with van der Waals surface area (Å²) >= 11 is 1.51. The predicted octanol–water partition coefficient (Wildman–Crippen LogP) is 2.06. The van der Waals surface area contributed by atoms with Crippen LogP contribution in [-0.2, 0) is 10.0 Å². The van der Waals surface area contributed by atoms with E-state index in [1.165, 1.54) is 30.0 Å². The first-order valence-electron chi connectivity index (χ1n) is 6.14. The van der Waals surface area contributed by atoms with Crippen molar-refractivity contribution in [3.63, 3.8) is 0 Å². The number of nitro groups is 1. The van der Waals surface area contributed by atoms with Crippen LogP contribution >= 0.6 is 11.8 Å². The van der Waals surface area contributed by atoms with E-state index in [9.17, 15) is 18.5 Å². The Morgan fingerprint density at radius 3 is 2.48 bits per heavy atom. The Bertz CT molecular complexity index is 629. The Hall–Kier alpha value is -1.32. The summed E-state index contributed by atoms with van der Waals surface area (Å²) < 4.78 is 26.7. The normalized spacial score (nSPS) is 12.2. The summed E-state index contributed by atoms with van der Waals surface area (Å²) in [5, 5.41) is 13.8. The summed E-state index contributed by atoms with van der Waals surface area (Å²) in [4.78, 5) is 10.0. The Labute approximate surface area is 128 Å². The van der Waals surface area contributed by atoms with Gasteiger partial charge in [0, 0.05) is 30.1 Å². The minimum atomic E-state index is -3.94. The van der Waals surface area contributed by atoms with E-state index in [0.717, 1.165) is 0 Å². The molecule has 0 aliphatic rings. The summed E-state index contributed by atoms with van der Waals surface area (Å²) in [5.41, 5.74) is 0.0291.